The molecule has 0 saturated carbocycles. The number of ether oxygens (including phenoxy) is 1. The van der Waals surface area contributed by atoms with Crippen molar-refractivity contribution in [2.45, 2.75) is 6.92 Å². The number of aromatic nitrogens is 2. The molecular formula is C7H11N3O2. The Balaban J connectivity index is 2.46. The SMILES string of the molecule is COCC(=O)Nc1cc(C)[nH]n1. The van der Waals surface area contributed by atoms with Crippen molar-refractivity contribution >= 4 is 11.7 Å². The van der Waals surface area contributed by atoms with Crippen molar-refractivity contribution in [1.29, 1.82) is 0 Å². The minimum Gasteiger partial charge on any atom is -0.375 e. The van der Waals surface area contributed by atoms with E-state index in [1.807, 2.05) is 6.92 Å². The van der Waals surface area contributed by atoms with Crippen LogP contribution in [-0.2, 0) is 9.53 Å². The largest absolute Gasteiger partial charge is 0.375 e. The summed E-state index contributed by atoms with van der Waals surface area (Å²) >= 11 is 0. The van der Waals surface area contributed by atoms with Gasteiger partial charge in [-0.25, -0.2) is 0 Å². The lowest BCUT2D eigenvalue weighted by atomic mass is 10.4. The highest BCUT2D eigenvalue weighted by atomic mass is 16.5. The van der Waals surface area contributed by atoms with Gasteiger partial charge in [-0.2, -0.15) is 5.10 Å². The maximum Gasteiger partial charge on any atom is 0.251 e. The lowest BCUT2D eigenvalue weighted by Crippen LogP contribution is -2.17. The fourth-order valence-electron chi connectivity index (χ4n) is 0.792. The van der Waals surface area contributed by atoms with E-state index in [1.165, 1.54) is 7.11 Å². The fourth-order valence-corrected chi connectivity index (χ4v) is 0.792. The Bertz CT molecular complexity index is 269. The zero-order chi connectivity index (χ0) is 8.97. The average molecular weight is 169 g/mol. The highest BCUT2D eigenvalue weighted by molar-refractivity contribution is 5.90. The van der Waals surface area contributed by atoms with E-state index in [9.17, 15) is 4.79 Å². The topological polar surface area (TPSA) is 67.0 Å². The third-order valence-electron chi connectivity index (χ3n) is 1.25. The fraction of sp³-hybridized carbons (Fsp3) is 0.429. The lowest BCUT2D eigenvalue weighted by molar-refractivity contribution is -0.119. The number of carbonyl (C=O) groups is 1. The summed E-state index contributed by atoms with van der Waals surface area (Å²) < 4.78 is 4.63. The van der Waals surface area contributed by atoms with Crippen molar-refractivity contribution in [3.05, 3.63) is 11.8 Å². The Kier molecular flexibility index (Phi) is 2.82. The number of amides is 1. The van der Waals surface area contributed by atoms with Gasteiger partial charge in [-0.3, -0.25) is 9.89 Å². The van der Waals surface area contributed by atoms with Crippen LogP contribution < -0.4 is 5.32 Å². The molecule has 1 rings (SSSR count). The van der Waals surface area contributed by atoms with Crippen molar-refractivity contribution in [2.75, 3.05) is 19.0 Å². The summed E-state index contributed by atoms with van der Waals surface area (Å²) in [5.41, 5.74) is 0.905. The van der Waals surface area contributed by atoms with Crippen LogP contribution in [0.25, 0.3) is 0 Å². The van der Waals surface area contributed by atoms with Gasteiger partial charge in [0, 0.05) is 18.9 Å². The molecule has 66 valence electrons. The zero-order valence-corrected chi connectivity index (χ0v) is 7.05. The number of nitrogens with zero attached hydrogens (tertiary/aromatic N) is 1. The number of rotatable bonds is 3. The van der Waals surface area contributed by atoms with Crippen LogP contribution in [0.4, 0.5) is 5.82 Å². The monoisotopic (exact) mass is 169 g/mol. The van der Waals surface area contributed by atoms with Gasteiger partial charge in [0.15, 0.2) is 5.82 Å². The van der Waals surface area contributed by atoms with Crippen LogP contribution in [0.1, 0.15) is 5.69 Å². The summed E-state index contributed by atoms with van der Waals surface area (Å²) in [6.45, 7) is 1.91. The van der Waals surface area contributed by atoms with Crippen LogP contribution in [0, 0.1) is 6.92 Å². The number of hydrogen-bond acceptors (Lipinski definition) is 3. The standard InChI is InChI=1S/C7H11N3O2/c1-5-3-6(10-9-5)8-7(11)4-12-2/h3H,4H2,1-2H3,(H2,8,9,10,11). The summed E-state index contributed by atoms with van der Waals surface area (Å²) in [7, 11) is 1.47. The van der Waals surface area contributed by atoms with E-state index in [1.54, 1.807) is 6.07 Å². The molecule has 0 bridgehead atoms. The predicted octanol–water partition coefficient (Wildman–Crippen LogP) is 0.303. The predicted molar refractivity (Wildman–Crippen MR) is 43.8 cm³/mol. The van der Waals surface area contributed by atoms with E-state index in [0.29, 0.717) is 5.82 Å². The van der Waals surface area contributed by atoms with Gasteiger partial charge in [0.1, 0.15) is 6.61 Å². The number of anilines is 1. The zero-order valence-electron chi connectivity index (χ0n) is 7.05. The molecule has 0 fully saturated rings. The van der Waals surface area contributed by atoms with Crippen molar-refractivity contribution in [3.63, 3.8) is 0 Å². The Morgan fingerprint density at radius 2 is 2.58 bits per heavy atom. The van der Waals surface area contributed by atoms with E-state index in [2.05, 4.69) is 20.3 Å². The third-order valence-corrected chi connectivity index (χ3v) is 1.25. The quantitative estimate of drug-likeness (QED) is 0.684. The van der Waals surface area contributed by atoms with E-state index >= 15 is 0 Å². The summed E-state index contributed by atoms with van der Waals surface area (Å²) in [5, 5.41) is 9.09. The van der Waals surface area contributed by atoms with Crippen molar-refractivity contribution in [1.82, 2.24) is 10.2 Å². The number of methoxy groups -OCH3 is 1. The summed E-state index contributed by atoms with van der Waals surface area (Å²) in [5.74, 6) is 0.318. The average Bonchev–Trinajstić information content (AvgIpc) is 2.36. The van der Waals surface area contributed by atoms with E-state index in [-0.39, 0.29) is 12.5 Å². The van der Waals surface area contributed by atoms with E-state index < -0.39 is 0 Å². The molecule has 0 aliphatic carbocycles. The minimum absolute atomic E-state index is 0.0475. The van der Waals surface area contributed by atoms with Crippen LogP contribution in [0.3, 0.4) is 0 Å². The minimum atomic E-state index is -0.205. The molecular weight excluding hydrogens is 158 g/mol. The molecule has 1 aromatic heterocycles. The van der Waals surface area contributed by atoms with Gasteiger partial charge in [0.25, 0.3) is 5.91 Å². The first-order valence-corrected chi connectivity index (χ1v) is 3.53. The summed E-state index contributed by atoms with van der Waals surface area (Å²) in [6.07, 6.45) is 0. The smallest absolute Gasteiger partial charge is 0.251 e. The molecule has 0 aliphatic rings. The van der Waals surface area contributed by atoms with Crippen LogP contribution >= 0.6 is 0 Å². The molecule has 0 saturated heterocycles. The van der Waals surface area contributed by atoms with Crippen LogP contribution in [0.5, 0.6) is 0 Å². The Morgan fingerprint density at radius 3 is 3.08 bits per heavy atom. The third kappa shape index (κ3) is 2.35. The molecule has 0 spiro atoms. The molecule has 2 N–H and O–H groups in total. The first-order valence-electron chi connectivity index (χ1n) is 3.53. The Labute approximate surface area is 70.1 Å². The number of aromatic amines is 1. The number of carbonyl (C=O) groups excluding carboxylic acids is 1. The number of nitrogens with one attached hydrogen (secondary N) is 2. The highest BCUT2D eigenvalue weighted by Crippen LogP contribution is 2.02. The highest BCUT2D eigenvalue weighted by Gasteiger charge is 2.02. The second-order valence-corrected chi connectivity index (χ2v) is 2.42. The molecule has 5 heteroatoms. The molecule has 1 aromatic rings. The van der Waals surface area contributed by atoms with Crippen molar-refractivity contribution < 1.29 is 9.53 Å². The number of aryl methyl sites for hydroxylation is 1. The summed E-state index contributed by atoms with van der Waals surface area (Å²) in [4.78, 5) is 10.9. The molecule has 12 heavy (non-hydrogen) atoms. The van der Waals surface area contributed by atoms with Gasteiger partial charge in [-0.1, -0.05) is 0 Å². The molecule has 0 unspecified atom stereocenters. The van der Waals surface area contributed by atoms with Crippen molar-refractivity contribution in [2.24, 2.45) is 0 Å². The normalized spacial score (nSPS) is 9.83. The van der Waals surface area contributed by atoms with Gasteiger partial charge < -0.3 is 10.1 Å². The van der Waals surface area contributed by atoms with Gasteiger partial charge >= 0.3 is 0 Å². The van der Waals surface area contributed by atoms with E-state index in [4.69, 9.17) is 0 Å². The molecule has 0 aromatic carbocycles. The van der Waals surface area contributed by atoms with Gasteiger partial charge in [0.05, 0.1) is 0 Å². The molecule has 0 atom stereocenters. The number of hydrogen-bond donors (Lipinski definition) is 2. The Hall–Kier alpha value is -1.36. The Morgan fingerprint density at radius 1 is 1.83 bits per heavy atom. The maximum atomic E-state index is 10.9. The second kappa shape index (κ2) is 3.87. The summed E-state index contributed by atoms with van der Waals surface area (Å²) in [6, 6.07) is 1.74. The number of H-pyrrole nitrogens is 1. The van der Waals surface area contributed by atoms with Gasteiger partial charge in [-0.05, 0) is 6.92 Å². The van der Waals surface area contributed by atoms with E-state index in [0.717, 1.165) is 5.69 Å². The molecule has 1 heterocycles. The molecule has 0 radical (unpaired) electrons. The van der Waals surface area contributed by atoms with Crippen molar-refractivity contribution in [3.8, 4) is 0 Å². The lowest BCUT2D eigenvalue weighted by Gasteiger charge is -1.98. The van der Waals surface area contributed by atoms with Gasteiger partial charge in [0.2, 0.25) is 0 Å². The second-order valence-electron chi connectivity index (χ2n) is 2.42. The van der Waals surface area contributed by atoms with Crippen LogP contribution in [0.15, 0.2) is 6.07 Å². The molecule has 1 amide bonds. The molecule has 5 nitrogen and oxygen atoms in total. The van der Waals surface area contributed by atoms with Crippen LogP contribution in [-0.4, -0.2) is 29.8 Å². The van der Waals surface area contributed by atoms with Gasteiger partial charge in [-0.15, -0.1) is 0 Å². The van der Waals surface area contributed by atoms with Crippen LogP contribution in [0.2, 0.25) is 0 Å². The first-order chi connectivity index (χ1) is 5.72. The first kappa shape index (κ1) is 8.73. The molecule has 0 aliphatic heterocycles. The maximum absolute atomic E-state index is 10.9.